The summed E-state index contributed by atoms with van der Waals surface area (Å²) in [6.07, 6.45) is 85.2. The SMILES string of the molecule is CCCC/C=C\C/C=C\CCCCCCCC(=O)OCCCCCCCCCCCCCCCCCCCCCCCCCCCCCCCCCC(=O)NC(CO)C(O)CCCCCCCCCCCCCCCCCC. The number of amides is 1. The molecule has 0 aromatic heterocycles. The minimum atomic E-state index is -0.661. The smallest absolute Gasteiger partial charge is 0.305 e. The molecule has 0 aromatic rings. The number of ether oxygens (including phenoxy) is 1. The zero-order chi connectivity index (χ0) is 56.4. The fraction of sp³-hybridized carbons (Fsp3) is 0.917. The predicted molar refractivity (Wildman–Crippen MR) is 343 cm³/mol. The summed E-state index contributed by atoms with van der Waals surface area (Å²) in [5, 5.41) is 23.4. The van der Waals surface area contributed by atoms with Gasteiger partial charge in [-0.05, 0) is 51.4 Å². The first kappa shape index (κ1) is 76.3. The Morgan fingerprint density at radius 3 is 1.01 bits per heavy atom. The maximum absolute atomic E-state index is 12.5. The Labute approximate surface area is 488 Å². The average Bonchev–Trinajstić information content (AvgIpc) is 3.44. The quantitative estimate of drug-likeness (QED) is 0.0320. The van der Waals surface area contributed by atoms with Crippen LogP contribution in [0.4, 0.5) is 0 Å². The number of allylic oxidation sites excluding steroid dienone is 4. The predicted octanol–water partition coefficient (Wildman–Crippen LogP) is 22.9. The summed E-state index contributed by atoms with van der Waals surface area (Å²) in [5.41, 5.74) is 0. The summed E-state index contributed by atoms with van der Waals surface area (Å²) in [6, 6.07) is -0.538. The van der Waals surface area contributed by atoms with Gasteiger partial charge in [0.15, 0.2) is 0 Å². The van der Waals surface area contributed by atoms with Crippen molar-refractivity contribution in [1.82, 2.24) is 5.32 Å². The fourth-order valence-corrected chi connectivity index (χ4v) is 11.3. The molecule has 3 N–H and O–H groups in total. The summed E-state index contributed by atoms with van der Waals surface area (Å²) in [6.45, 7) is 4.94. The second-order valence-electron chi connectivity index (χ2n) is 24.6. The van der Waals surface area contributed by atoms with E-state index in [4.69, 9.17) is 4.74 Å². The third-order valence-electron chi connectivity index (χ3n) is 16.8. The molecule has 0 aliphatic rings. The summed E-state index contributed by atoms with van der Waals surface area (Å²) in [7, 11) is 0. The molecule has 0 saturated carbocycles. The van der Waals surface area contributed by atoms with Gasteiger partial charge in [-0.1, -0.05) is 359 Å². The normalized spacial score (nSPS) is 12.6. The van der Waals surface area contributed by atoms with Gasteiger partial charge in [0.1, 0.15) is 0 Å². The van der Waals surface area contributed by atoms with E-state index in [1.54, 1.807) is 0 Å². The second-order valence-corrected chi connectivity index (χ2v) is 24.6. The van der Waals surface area contributed by atoms with Gasteiger partial charge in [0.25, 0.3) is 0 Å². The number of carbonyl (C=O) groups is 2. The molecule has 2 unspecified atom stereocenters. The maximum atomic E-state index is 12.5. The molecule has 0 rings (SSSR count). The van der Waals surface area contributed by atoms with E-state index >= 15 is 0 Å². The number of aliphatic hydroxyl groups excluding tert-OH is 2. The van der Waals surface area contributed by atoms with Crippen LogP contribution in [0.25, 0.3) is 0 Å². The first-order valence-electron chi connectivity index (χ1n) is 35.6. The van der Waals surface area contributed by atoms with Crippen LogP contribution >= 0.6 is 0 Å². The molecule has 0 radical (unpaired) electrons. The summed E-state index contributed by atoms with van der Waals surface area (Å²) >= 11 is 0. The van der Waals surface area contributed by atoms with Crippen LogP contribution in [0.15, 0.2) is 24.3 Å². The van der Waals surface area contributed by atoms with Crippen LogP contribution in [0, 0.1) is 0 Å². The molecule has 0 spiro atoms. The van der Waals surface area contributed by atoms with E-state index in [2.05, 4.69) is 43.5 Å². The van der Waals surface area contributed by atoms with E-state index in [-0.39, 0.29) is 18.5 Å². The Hall–Kier alpha value is -1.66. The van der Waals surface area contributed by atoms with E-state index in [0.717, 1.165) is 51.4 Å². The van der Waals surface area contributed by atoms with Gasteiger partial charge in [0, 0.05) is 12.8 Å². The third-order valence-corrected chi connectivity index (χ3v) is 16.8. The zero-order valence-corrected chi connectivity index (χ0v) is 52.9. The standard InChI is InChI=1S/C72H139NO5/c1-3-5-7-9-11-13-15-17-19-37-40-44-48-52-56-60-64-70(75)69(68-74)73-71(76)65-61-57-53-49-45-41-38-35-33-31-29-27-25-23-21-20-22-24-26-28-30-32-34-36-39-43-47-51-55-59-63-67-78-72(77)66-62-58-54-50-46-42-18-16-14-12-10-8-6-4-2/h10,12,16,18,69-70,74-75H,3-9,11,13-15,17,19-68H2,1-2H3,(H,73,76)/b12-10-,18-16-. The minimum Gasteiger partial charge on any atom is -0.466 e. The van der Waals surface area contributed by atoms with Crippen molar-refractivity contribution < 1.29 is 24.5 Å². The highest BCUT2D eigenvalue weighted by molar-refractivity contribution is 5.76. The lowest BCUT2D eigenvalue weighted by Gasteiger charge is -2.22. The topological polar surface area (TPSA) is 95.9 Å². The van der Waals surface area contributed by atoms with Crippen LogP contribution in [-0.2, 0) is 14.3 Å². The lowest BCUT2D eigenvalue weighted by Crippen LogP contribution is -2.45. The number of hydrogen-bond acceptors (Lipinski definition) is 5. The van der Waals surface area contributed by atoms with Crippen LogP contribution in [0.2, 0.25) is 0 Å². The number of hydrogen-bond donors (Lipinski definition) is 3. The maximum Gasteiger partial charge on any atom is 0.305 e. The monoisotopic (exact) mass is 1100 g/mol. The summed E-state index contributed by atoms with van der Waals surface area (Å²) in [4.78, 5) is 24.6. The van der Waals surface area contributed by atoms with E-state index in [1.807, 2.05) is 0 Å². The summed E-state index contributed by atoms with van der Waals surface area (Å²) in [5.74, 6) is -0.0208. The minimum absolute atomic E-state index is 0.00657. The summed E-state index contributed by atoms with van der Waals surface area (Å²) < 4.78 is 5.48. The number of nitrogens with one attached hydrogen (secondary N) is 1. The third kappa shape index (κ3) is 63.5. The van der Waals surface area contributed by atoms with Crippen molar-refractivity contribution in [1.29, 1.82) is 0 Å². The number of esters is 1. The zero-order valence-electron chi connectivity index (χ0n) is 52.9. The van der Waals surface area contributed by atoms with Crippen LogP contribution in [0.3, 0.4) is 0 Å². The molecule has 462 valence electrons. The van der Waals surface area contributed by atoms with E-state index in [9.17, 15) is 19.8 Å². The molecule has 6 heteroatoms. The van der Waals surface area contributed by atoms with Crippen LogP contribution < -0.4 is 5.32 Å². The molecule has 0 heterocycles. The molecule has 0 saturated heterocycles. The van der Waals surface area contributed by atoms with Gasteiger partial charge < -0.3 is 20.3 Å². The molecule has 0 aliphatic heterocycles. The lowest BCUT2D eigenvalue weighted by atomic mass is 10.0. The van der Waals surface area contributed by atoms with Gasteiger partial charge in [0.05, 0.1) is 25.4 Å². The Balaban J connectivity index is 3.32. The van der Waals surface area contributed by atoms with Crippen molar-refractivity contribution in [3.8, 4) is 0 Å². The number of rotatable bonds is 67. The molecular weight excluding hydrogens is 959 g/mol. The van der Waals surface area contributed by atoms with Crippen molar-refractivity contribution in [2.45, 2.75) is 411 Å². The largest absolute Gasteiger partial charge is 0.466 e. The number of unbranched alkanes of at least 4 members (excludes halogenated alkanes) is 52. The molecule has 0 fully saturated rings. The molecule has 0 aromatic carbocycles. The molecule has 0 aliphatic carbocycles. The highest BCUT2D eigenvalue weighted by atomic mass is 16.5. The first-order valence-corrected chi connectivity index (χ1v) is 35.6. The first-order chi connectivity index (χ1) is 38.5. The Bertz CT molecular complexity index is 1220. The van der Waals surface area contributed by atoms with Crippen molar-refractivity contribution in [2.24, 2.45) is 0 Å². The Morgan fingerprint density at radius 2 is 0.654 bits per heavy atom. The molecular formula is C72H139NO5. The average molecular weight is 1100 g/mol. The molecule has 78 heavy (non-hydrogen) atoms. The van der Waals surface area contributed by atoms with Gasteiger partial charge in [0.2, 0.25) is 5.91 Å². The van der Waals surface area contributed by atoms with E-state index < -0.39 is 12.1 Å². The van der Waals surface area contributed by atoms with Gasteiger partial charge in [-0.2, -0.15) is 0 Å². The van der Waals surface area contributed by atoms with Crippen LogP contribution in [-0.4, -0.2) is 47.4 Å². The fourth-order valence-electron chi connectivity index (χ4n) is 11.3. The van der Waals surface area contributed by atoms with E-state index in [1.165, 1.54) is 315 Å². The van der Waals surface area contributed by atoms with Crippen molar-refractivity contribution >= 4 is 11.9 Å². The Morgan fingerprint density at radius 1 is 0.359 bits per heavy atom. The lowest BCUT2D eigenvalue weighted by molar-refractivity contribution is -0.143. The molecule has 1 amide bonds. The Kier molecular flexibility index (Phi) is 66.4. The molecule has 2 atom stereocenters. The van der Waals surface area contributed by atoms with Crippen molar-refractivity contribution in [2.75, 3.05) is 13.2 Å². The van der Waals surface area contributed by atoms with E-state index in [0.29, 0.717) is 25.9 Å². The van der Waals surface area contributed by atoms with Crippen LogP contribution in [0.5, 0.6) is 0 Å². The second kappa shape index (κ2) is 67.8. The number of aliphatic hydroxyl groups is 2. The highest BCUT2D eigenvalue weighted by Crippen LogP contribution is 2.19. The molecule has 6 nitrogen and oxygen atoms in total. The van der Waals surface area contributed by atoms with Gasteiger partial charge >= 0.3 is 5.97 Å². The van der Waals surface area contributed by atoms with Crippen LogP contribution in [0.1, 0.15) is 399 Å². The number of carbonyl (C=O) groups excluding carboxylic acids is 2. The van der Waals surface area contributed by atoms with Gasteiger partial charge in [-0.3, -0.25) is 9.59 Å². The van der Waals surface area contributed by atoms with Crippen molar-refractivity contribution in [3.63, 3.8) is 0 Å². The van der Waals surface area contributed by atoms with Gasteiger partial charge in [-0.25, -0.2) is 0 Å². The highest BCUT2D eigenvalue weighted by Gasteiger charge is 2.20. The molecule has 0 bridgehead atoms. The van der Waals surface area contributed by atoms with Crippen molar-refractivity contribution in [3.05, 3.63) is 24.3 Å². The van der Waals surface area contributed by atoms with Gasteiger partial charge in [-0.15, -0.1) is 0 Å².